The molecule has 3 rings (SSSR count). The summed E-state index contributed by atoms with van der Waals surface area (Å²) in [6.07, 6.45) is 8.87. The highest BCUT2D eigenvalue weighted by Gasteiger charge is 2.31. The van der Waals surface area contributed by atoms with Gasteiger partial charge in [-0.2, -0.15) is 0 Å². The number of carboxylic acid groups (broad SMARTS) is 1. The monoisotopic (exact) mass is 452 g/mol. The summed E-state index contributed by atoms with van der Waals surface area (Å²) in [5.74, 6) is -9.10. The van der Waals surface area contributed by atoms with Crippen molar-refractivity contribution in [3.63, 3.8) is 0 Å². The number of aromatic carboxylic acids is 1. The SMILES string of the molecule is C=CCCCC[C@H]1CC[C@H](c2cc(F)c(C(=O)O)c(F)c2-c2cc(F)c(F)c(F)c2)CC1. The average Bonchev–Trinajstić information content (AvgIpc) is 2.74. The molecule has 0 unspecified atom stereocenters. The maximum atomic E-state index is 15.2. The molecule has 0 radical (unpaired) electrons. The number of carboxylic acids is 1. The maximum Gasteiger partial charge on any atom is 0.341 e. The zero-order valence-electron chi connectivity index (χ0n) is 17.6. The van der Waals surface area contributed by atoms with Crippen LogP contribution in [0.25, 0.3) is 11.1 Å². The highest BCUT2D eigenvalue weighted by Crippen LogP contribution is 2.43. The van der Waals surface area contributed by atoms with Crippen LogP contribution in [0.5, 0.6) is 0 Å². The van der Waals surface area contributed by atoms with Crippen LogP contribution in [0, 0.1) is 35.0 Å². The van der Waals surface area contributed by atoms with Gasteiger partial charge in [0.2, 0.25) is 0 Å². The molecule has 0 atom stereocenters. The quantitative estimate of drug-likeness (QED) is 0.192. The predicted octanol–water partition coefficient (Wildman–Crippen LogP) is 7.77. The predicted molar refractivity (Wildman–Crippen MR) is 112 cm³/mol. The van der Waals surface area contributed by atoms with Crippen molar-refractivity contribution in [2.45, 2.75) is 57.3 Å². The standard InChI is InChI=1S/C25H25F5O2/c1-2-3-4-5-6-14-7-9-15(10-8-14)17-13-18(26)22(25(31)32)24(30)21(17)16-11-19(27)23(29)20(28)12-16/h2,11-15H,1,3-10H2,(H,31,32)/t14-,15-. The van der Waals surface area contributed by atoms with E-state index in [0.29, 0.717) is 30.9 Å². The number of hydrogen-bond donors (Lipinski definition) is 1. The summed E-state index contributed by atoms with van der Waals surface area (Å²) in [6, 6.07) is 2.15. The van der Waals surface area contributed by atoms with Crippen LogP contribution < -0.4 is 0 Å². The minimum atomic E-state index is -1.83. The van der Waals surface area contributed by atoms with Gasteiger partial charge in [0.25, 0.3) is 0 Å². The van der Waals surface area contributed by atoms with Gasteiger partial charge >= 0.3 is 5.97 Å². The Kier molecular flexibility index (Phi) is 7.69. The lowest BCUT2D eigenvalue weighted by atomic mass is 9.75. The lowest BCUT2D eigenvalue weighted by Gasteiger charge is -2.30. The summed E-state index contributed by atoms with van der Waals surface area (Å²) in [5, 5.41) is 9.23. The second-order valence-electron chi connectivity index (χ2n) is 8.36. The molecular weight excluding hydrogens is 427 g/mol. The Morgan fingerprint density at radius 3 is 2.12 bits per heavy atom. The summed E-state index contributed by atoms with van der Waals surface area (Å²) >= 11 is 0. The van der Waals surface area contributed by atoms with Gasteiger partial charge in [-0.3, -0.25) is 0 Å². The van der Waals surface area contributed by atoms with Crippen LogP contribution in [0.15, 0.2) is 30.9 Å². The topological polar surface area (TPSA) is 37.3 Å². The minimum absolute atomic E-state index is 0.153. The number of benzene rings is 2. The first kappa shape index (κ1) is 24.0. The lowest BCUT2D eigenvalue weighted by Crippen LogP contribution is -2.16. The van der Waals surface area contributed by atoms with E-state index in [0.717, 1.165) is 44.6 Å². The molecule has 0 aliphatic heterocycles. The number of unbranched alkanes of at least 4 members (excludes halogenated alkanes) is 2. The Morgan fingerprint density at radius 1 is 0.938 bits per heavy atom. The average molecular weight is 452 g/mol. The van der Waals surface area contributed by atoms with E-state index < -0.39 is 46.2 Å². The van der Waals surface area contributed by atoms with Crippen LogP contribution in [-0.2, 0) is 0 Å². The first-order valence-corrected chi connectivity index (χ1v) is 10.8. The van der Waals surface area contributed by atoms with Crippen molar-refractivity contribution < 1.29 is 31.9 Å². The Balaban J connectivity index is 1.96. The second kappa shape index (κ2) is 10.3. The van der Waals surface area contributed by atoms with Gasteiger partial charge in [0.15, 0.2) is 17.5 Å². The first-order valence-electron chi connectivity index (χ1n) is 10.8. The van der Waals surface area contributed by atoms with Crippen molar-refractivity contribution in [1.29, 1.82) is 0 Å². The highest BCUT2D eigenvalue weighted by atomic mass is 19.2. The van der Waals surface area contributed by atoms with Crippen LogP contribution in [0.4, 0.5) is 22.0 Å². The number of allylic oxidation sites excluding steroid dienone is 1. The van der Waals surface area contributed by atoms with Crippen LogP contribution in [0.2, 0.25) is 0 Å². The van der Waals surface area contributed by atoms with Gasteiger partial charge in [0, 0.05) is 5.56 Å². The van der Waals surface area contributed by atoms with E-state index in [9.17, 15) is 27.5 Å². The molecule has 1 aliphatic rings. The fraction of sp³-hybridized carbons (Fsp3) is 0.400. The van der Waals surface area contributed by atoms with E-state index >= 15 is 4.39 Å². The first-order chi connectivity index (χ1) is 15.2. The fourth-order valence-corrected chi connectivity index (χ4v) is 4.63. The summed E-state index contributed by atoms with van der Waals surface area (Å²) < 4.78 is 70.9. The largest absolute Gasteiger partial charge is 0.477 e. The number of carbonyl (C=O) groups is 1. The number of hydrogen-bond acceptors (Lipinski definition) is 1. The van der Waals surface area contributed by atoms with Crippen molar-refractivity contribution in [1.82, 2.24) is 0 Å². The number of rotatable bonds is 8. The molecule has 0 heterocycles. The molecule has 1 saturated carbocycles. The second-order valence-corrected chi connectivity index (χ2v) is 8.36. The molecule has 0 aromatic heterocycles. The van der Waals surface area contributed by atoms with Gasteiger partial charge in [0.1, 0.15) is 17.2 Å². The van der Waals surface area contributed by atoms with Crippen LogP contribution in [0.3, 0.4) is 0 Å². The molecule has 0 amide bonds. The van der Waals surface area contributed by atoms with Crippen LogP contribution in [0.1, 0.15) is 73.2 Å². The van der Waals surface area contributed by atoms with Crippen molar-refractivity contribution in [3.8, 4) is 11.1 Å². The molecule has 1 fully saturated rings. The van der Waals surface area contributed by atoms with E-state index in [2.05, 4.69) is 6.58 Å². The molecule has 32 heavy (non-hydrogen) atoms. The van der Waals surface area contributed by atoms with Gasteiger partial charge in [0.05, 0.1) is 0 Å². The van der Waals surface area contributed by atoms with E-state index in [1.54, 1.807) is 0 Å². The van der Waals surface area contributed by atoms with Crippen LogP contribution >= 0.6 is 0 Å². The summed E-state index contributed by atoms with van der Waals surface area (Å²) in [5.41, 5.74) is -1.80. The molecule has 1 aliphatic carbocycles. The summed E-state index contributed by atoms with van der Waals surface area (Å²) in [6.45, 7) is 3.70. The molecular formula is C25H25F5O2. The van der Waals surface area contributed by atoms with Crippen molar-refractivity contribution in [3.05, 3.63) is 71.1 Å². The number of halogens is 5. The van der Waals surface area contributed by atoms with E-state index in [1.807, 2.05) is 6.08 Å². The zero-order chi connectivity index (χ0) is 23.4. The Labute approximate surface area is 183 Å². The van der Waals surface area contributed by atoms with Gasteiger partial charge in [-0.15, -0.1) is 6.58 Å². The minimum Gasteiger partial charge on any atom is -0.477 e. The van der Waals surface area contributed by atoms with Crippen LogP contribution in [-0.4, -0.2) is 11.1 Å². The smallest absolute Gasteiger partial charge is 0.341 e. The molecule has 2 aromatic carbocycles. The Bertz CT molecular complexity index is 987. The molecule has 7 heteroatoms. The molecule has 1 N–H and O–H groups in total. The normalized spacial score (nSPS) is 18.5. The van der Waals surface area contributed by atoms with E-state index in [4.69, 9.17) is 0 Å². The summed E-state index contributed by atoms with van der Waals surface area (Å²) in [4.78, 5) is 11.4. The van der Waals surface area contributed by atoms with Gasteiger partial charge in [-0.05, 0) is 79.7 Å². The zero-order valence-corrected chi connectivity index (χ0v) is 17.6. The molecule has 0 bridgehead atoms. The highest BCUT2D eigenvalue weighted by molar-refractivity contribution is 5.91. The molecule has 0 spiro atoms. The fourth-order valence-electron chi connectivity index (χ4n) is 4.63. The van der Waals surface area contributed by atoms with Gasteiger partial charge in [-0.1, -0.05) is 18.9 Å². The lowest BCUT2D eigenvalue weighted by molar-refractivity contribution is 0.0686. The molecule has 0 saturated heterocycles. The van der Waals surface area contributed by atoms with Crippen molar-refractivity contribution in [2.75, 3.05) is 0 Å². The van der Waals surface area contributed by atoms with E-state index in [1.165, 1.54) is 0 Å². The molecule has 2 aromatic rings. The third kappa shape index (κ3) is 5.03. The van der Waals surface area contributed by atoms with Crippen molar-refractivity contribution >= 4 is 5.97 Å². The third-order valence-corrected chi connectivity index (χ3v) is 6.29. The third-order valence-electron chi connectivity index (χ3n) is 6.29. The Hall–Kier alpha value is -2.70. The molecule has 2 nitrogen and oxygen atoms in total. The van der Waals surface area contributed by atoms with Gasteiger partial charge < -0.3 is 5.11 Å². The maximum absolute atomic E-state index is 15.2. The Morgan fingerprint density at radius 2 is 1.56 bits per heavy atom. The summed E-state index contributed by atoms with van der Waals surface area (Å²) in [7, 11) is 0. The van der Waals surface area contributed by atoms with Gasteiger partial charge in [-0.25, -0.2) is 26.7 Å². The van der Waals surface area contributed by atoms with E-state index in [-0.39, 0.29) is 17.0 Å². The van der Waals surface area contributed by atoms with Crippen molar-refractivity contribution in [2.24, 2.45) is 5.92 Å². The molecule has 172 valence electrons.